The highest BCUT2D eigenvalue weighted by Gasteiger charge is 2.48. The molecule has 4 heterocycles. The molecule has 10 nitrogen and oxygen atoms in total. The number of nitrogens with one attached hydrogen (secondary N) is 3. The highest BCUT2D eigenvalue weighted by molar-refractivity contribution is 6.07. The Hall–Kier alpha value is -3.27. The number of aromatic nitrogens is 2. The van der Waals surface area contributed by atoms with Crippen LogP contribution in [0.3, 0.4) is 0 Å². The van der Waals surface area contributed by atoms with Crippen molar-refractivity contribution in [2.75, 3.05) is 23.8 Å². The monoisotopic (exact) mass is 467 g/mol. The van der Waals surface area contributed by atoms with Crippen molar-refractivity contribution in [1.29, 1.82) is 0 Å². The van der Waals surface area contributed by atoms with Gasteiger partial charge in [-0.05, 0) is 37.5 Å². The minimum atomic E-state index is -0.739. The van der Waals surface area contributed by atoms with Gasteiger partial charge in [-0.1, -0.05) is 19.8 Å². The standard InChI is InChI=1S/C24H29N5O5/c1-14-2-4-15(5-3-14)20(29-21(30)18-12-25-13-34-18)22(31)28-19-10-17-16(11-26-19)24(23(32)27-17)6-8-33-9-7-24/h10-15,20H,2-9H2,1H3,(H,27,32)(H,29,30)(H,26,28,31). The second kappa shape index (κ2) is 9.17. The van der Waals surface area contributed by atoms with E-state index >= 15 is 0 Å². The van der Waals surface area contributed by atoms with E-state index in [4.69, 9.17) is 9.15 Å². The van der Waals surface area contributed by atoms with Crippen LogP contribution in [0.25, 0.3) is 0 Å². The van der Waals surface area contributed by atoms with Crippen molar-refractivity contribution in [3.05, 3.63) is 36.2 Å². The zero-order valence-electron chi connectivity index (χ0n) is 19.1. The maximum absolute atomic E-state index is 13.3. The maximum atomic E-state index is 13.3. The van der Waals surface area contributed by atoms with E-state index in [1.807, 2.05) is 0 Å². The summed E-state index contributed by atoms with van der Waals surface area (Å²) in [6.07, 6.45) is 9.07. The molecule has 34 heavy (non-hydrogen) atoms. The van der Waals surface area contributed by atoms with Crippen LogP contribution >= 0.6 is 0 Å². The van der Waals surface area contributed by atoms with Crippen LogP contribution in [-0.2, 0) is 19.7 Å². The number of fused-ring (bicyclic) bond motifs is 2. The van der Waals surface area contributed by atoms with Gasteiger partial charge in [-0.3, -0.25) is 14.4 Å². The zero-order chi connectivity index (χ0) is 23.7. The van der Waals surface area contributed by atoms with Crippen molar-refractivity contribution in [3.8, 4) is 0 Å². The van der Waals surface area contributed by atoms with Crippen LogP contribution < -0.4 is 16.0 Å². The van der Waals surface area contributed by atoms with Crippen LogP contribution in [0, 0.1) is 11.8 Å². The van der Waals surface area contributed by atoms with Crippen molar-refractivity contribution in [2.45, 2.75) is 56.9 Å². The van der Waals surface area contributed by atoms with E-state index in [9.17, 15) is 14.4 Å². The van der Waals surface area contributed by atoms with Crippen molar-refractivity contribution >= 4 is 29.2 Å². The third-order valence-electron chi connectivity index (χ3n) is 7.46. The van der Waals surface area contributed by atoms with Crippen LogP contribution in [0.5, 0.6) is 0 Å². The van der Waals surface area contributed by atoms with Crippen LogP contribution in [0.1, 0.15) is 61.6 Å². The fourth-order valence-electron chi connectivity index (χ4n) is 5.35. The molecule has 2 aromatic heterocycles. The number of nitrogens with zero attached hydrogens (tertiary/aromatic N) is 2. The van der Waals surface area contributed by atoms with E-state index < -0.39 is 17.4 Å². The summed E-state index contributed by atoms with van der Waals surface area (Å²) in [6, 6.07) is 0.949. The minimum Gasteiger partial charge on any atom is -0.438 e. The van der Waals surface area contributed by atoms with Crippen molar-refractivity contribution < 1.29 is 23.5 Å². The summed E-state index contributed by atoms with van der Waals surface area (Å²) >= 11 is 0. The first-order chi connectivity index (χ1) is 16.5. The Balaban J connectivity index is 1.34. The van der Waals surface area contributed by atoms with Crippen molar-refractivity contribution in [3.63, 3.8) is 0 Å². The number of amides is 3. The second-order valence-electron chi connectivity index (χ2n) is 9.59. The normalized spacial score (nSPS) is 24.2. The number of carbonyl (C=O) groups is 3. The van der Waals surface area contributed by atoms with Gasteiger partial charge in [-0.15, -0.1) is 0 Å². The average molecular weight is 468 g/mol. The van der Waals surface area contributed by atoms with Gasteiger partial charge < -0.3 is 25.1 Å². The summed E-state index contributed by atoms with van der Waals surface area (Å²) in [5.74, 6) is 0.118. The van der Waals surface area contributed by atoms with Gasteiger partial charge in [0.1, 0.15) is 11.9 Å². The highest BCUT2D eigenvalue weighted by atomic mass is 16.5. The predicted molar refractivity (Wildman–Crippen MR) is 122 cm³/mol. The SMILES string of the molecule is CC1CCC(C(NC(=O)c2cnco2)C(=O)Nc2cc3c(cn2)C2(CCOCC2)C(=O)N3)CC1. The summed E-state index contributed by atoms with van der Waals surface area (Å²) < 4.78 is 10.5. The molecule has 2 aromatic rings. The van der Waals surface area contributed by atoms with Gasteiger partial charge in [-0.2, -0.15) is 0 Å². The van der Waals surface area contributed by atoms with Gasteiger partial charge in [-0.25, -0.2) is 9.97 Å². The molecule has 1 saturated carbocycles. The number of anilines is 2. The molecule has 2 aliphatic heterocycles. The third-order valence-corrected chi connectivity index (χ3v) is 7.46. The Bertz CT molecular complexity index is 1070. The van der Waals surface area contributed by atoms with E-state index in [1.54, 1.807) is 12.3 Å². The number of rotatable bonds is 5. The van der Waals surface area contributed by atoms with E-state index in [0.717, 1.165) is 31.2 Å². The minimum absolute atomic E-state index is 0.00251. The number of hydrogen-bond donors (Lipinski definition) is 3. The quantitative estimate of drug-likeness (QED) is 0.615. The third kappa shape index (κ3) is 4.18. The van der Waals surface area contributed by atoms with Gasteiger partial charge >= 0.3 is 0 Å². The lowest BCUT2D eigenvalue weighted by Crippen LogP contribution is -2.49. The average Bonchev–Trinajstić information content (AvgIpc) is 3.46. The molecule has 3 N–H and O–H groups in total. The molecule has 0 radical (unpaired) electrons. The lowest BCUT2D eigenvalue weighted by atomic mass is 9.76. The van der Waals surface area contributed by atoms with Gasteiger partial charge in [0.15, 0.2) is 6.39 Å². The summed E-state index contributed by atoms with van der Waals surface area (Å²) in [5.41, 5.74) is 0.886. The highest BCUT2D eigenvalue weighted by Crippen LogP contribution is 2.44. The molecule has 5 rings (SSSR count). The summed E-state index contributed by atoms with van der Waals surface area (Å²) in [7, 11) is 0. The molecular formula is C24H29N5O5. The van der Waals surface area contributed by atoms with Crippen LogP contribution in [0.4, 0.5) is 11.5 Å². The Morgan fingerprint density at radius 2 is 1.94 bits per heavy atom. The lowest BCUT2D eigenvalue weighted by Gasteiger charge is -2.32. The van der Waals surface area contributed by atoms with E-state index in [0.29, 0.717) is 43.5 Å². The summed E-state index contributed by atoms with van der Waals surface area (Å²) in [4.78, 5) is 47.0. The first kappa shape index (κ1) is 22.5. The Morgan fingerprint density at radius 1 is 1.18 bits per heavy atom. The first-order valence-electron chi connectivity index (χ1n) is 11.9. The van der Waals surface area contributed by atoms with Crippen LogP contribution in [0.2, 0.25) is 0 Å². The zero-order valence-corrected chi connectivity index (χ0v) is 19.1. The number of carbonyl (C=O) groups excluding carboxylic acids is 3. The largest absolute Gasteiger partial charge is 0.438 e. The summed E-state index contributed by atoms with van der Waals surface area (Å²) in [5, 5.41) is 8.63. The van der Waals surface area contributed by atoms with Gasteiger partial charge in [0.2, 0.25) is 17.6 Å². The molecule has 1 unspecified atom stereocenters. The number of pyridine rings is 1. The topological polar surface area (TPSA) is 135 Å². The molecule has 0 bridgehead atoms. The lowest BCUT2D eigenvalue weighted by molar-refractivity contribution is -0.124. The molecule has 3 amide bonds. The molecule has 0 aromatic carbocycles. The number of ether oxygens (including phenoxy) is 1. The Morgan fingerprint density at radius 3 is 2.65 bits per heavy atom. The molecular weight excluding hydrogens is 438 g/mol. The van der Waals surface area contributed by atoms with E-state index in [2.05, 4.69) is 32.8 Å². The number of hydrogen-bond acceptors (Lipinski definition) is 7. The molecule has 1 spiro atoms. The van der Waals surface area contributed by atoms with Gasteiger partial charge in [0, 0.05) is 31.0 Å². The second-order valence-corrected chi connectivity index (χ2v) is 9.59. The predicted octanol–water partition coefficient (Wildman–Crippen LogP) is 2.63. The van der Waals surface area contributed by atoms with E-state index in [1.165, 1.54) is 12.6 Å². The van der Waals surface area contributed by atoms with Gasteiger partial charge in [0.25, 0.3) is 5.91 Å². The first-order valence-corrected chi connectivity index (χ1v) is 11.9. The van der Waals surface area contributed by atoms with Crippen molar-refractivity contribution in [2.24, 2.45) is 11.8 Å². The Labute approximate surface area is 197 Å². The van der Waals surface area contributed by atoms with Gasteiger partial charge in [0.05, 0.1) is 17.3 Å². The Kier molecular flexibility index (Phi) is 6.07. The fourth-order valence-corrected chi connectivity index (χ4v) is 5.35. The molecule has 180 valence electrons. The molecule has 10 heteroatoms. The van der Waals surface area contributed by atoms with Crippen molar-refractivity contribution in [1.82, 2.24) is 15.3 Å². The fraction of sp³-hybridized carbons (Fsp3) is 0.542. The molecule has 2 fully saturated rings. The molecule has 1 aliphatic carbocycles. The smallest absolute Gasteiger partial charge is 0.289 e. The maximum Gasteiger partial charge on any atom is 0.289 e. The number of oxazole rings is 1. The molecule has 1 atom stereocenters. The molecule has 1 saturated heterocycles. The molecule has 3 aliphatic rings. The van der Waals surface area contributed by atoms with Crippen LogP contribution in [-0.4, -0.2) is 46.9 Å². The summed E-state index contributed by atoms with van der Waals surface area (Å²) in [6.45, 7) is 3.25. The van der Waals surface area contributed by atoms with Crippen LogP contribution in [0.15, 0.2) is 29.3 Å². The van der Waals surface area contributed by atoms with E-state index in [-0.39, 0.29) is 23.5 Å².